The molecule has 12 heavy (non-hydrogen) atoms. The van der Waals surface area contributed by atoms with E-state index in [0.717, 1.165) is 19.3 Å². The fraction of sp³-hybridized carbons (Fsp3) is 0.364. The zero-order valence-corrected chi connectivity index (χ0v) is 8.68. The fourth-order valence-corrected chi connectivity index (χ4v) is 1.64. The SMILES string of the molecule is [CH]CCCCc1ccccc1Br. The third-order valence-electron chi connectivity index (χ3n) is 1.86. The molecular formula is C11H13Br. The van der Waals surface area contributed by atoms with Crippen LogP contribution in [0.5, 0.6) is 0 Å². The summed E-state index contributed by atoms with van der Waals surface area (Å²) >= 11 is 3.52. The number of halogens is 1. The van der Waals surface area contributed by atoms with E-state index in [4.69, 9.17) is 6.92 Å². The summed E-state index contributed by atoms with van der Waals surface area (Å²) in [5, 5.41) is 0. The van der Waals surface area contributed by atoms with Crippen LogP contribution in [0.25, 0.3) is 0 Å². The Hall–Kier alpha value is -0.300. The molecule has 0 aliphatic heterocycles. The zero-order valence-electron chi connectivity index (χ0n) is 7.09. The summed E-state index contributed by atoms with van der Waals surface area (Å²) in [5.74, 6) is 0. The molecule has 0 N–H and O–H groups in total. The van der Waals surface area contributed by atoms with Crippen molar-refractivity contribution in [1.82, 2.24) is 0 Å². The van der Waals surface area contributed by atoms with E-state index in [9.17, 15) is 0 Å². The van der Waals surface area contributed by atoms with E-state index < -0.39 is 0 Å². The molecule has 0 aliphatic carbocycles. The van der Waals surface area contributed by atoms with E-state index in [1.54, 1.807) is 0 Å². The quantitative estimate of drug-likeness (QED) is 0.682. The van der Waals surface area contributed by atoms with Crippen molar-refractivity contribution in [3.8, 4) is 0 Å². The van der Waals surface area contributed by atoms with Crippen LogP contribution in [0, 0.1) is 6.92 Å². The molecule has 0 aliphatic rings. The third kappa shape index (κ3) is 2.98. The number of unbranched alkanes of at least 4 members (excludes halogenated alkanes) is 2. The van der Waals surface area contributed by atoms with Crippen molar-refractivity contribution >= 4 is 15.9 Å². The second-order valence-corrected chi connectivity index (χ2v) is 3.69. The van der Waals surface area contributed by atoms with Gasteiger partial charge in [-0.25, -0.2) is 0 Å². The van der Waals surface area contributed by atoms with Crippen molar-refractivity contribution < 1.29 is 0 Å². The minimum Gasteiger partial charge on any atom is -0.0619 e. The van der Waals surface area contributed by atoms with Gasteiger partial charge in [0, 0.05) is 4.47 Å². The first-order valence-electron chi connectivity index (χ1n) is 4.28. The average molecular weight is 225 g/mol. The van der Waals surface area contributed by atoms with Gasteiger partial charge in [0.2, 0.25) is 0 Å². The van der Waals surface area contributed by atoms with Crippen molar-refractivity contribution in [3.63, 3.8) is 0 Å². The molecular weight excluding hydrogens is 212 g/mol. The zero-order chi connectivity index (χ0) is 8.81. The first-order valence-corrected chi connectivity index (χ1v) is 5.07. The first kappa shape index (κ1) is 9.79. The molecule has 0 bridgehead atoms. The van der Waals surface area contributed by atoms with Gasteiger partial charge >= 0.3 is 0 Å². The highest BCUT2D eigenvalue weighted by molar-refractivity contribution is 9.10. The molecule has 0 amide bonds. The monoisotopic (exact) mass is 224 g/mol. The van der Waals surface area contributed by atoms with Gasteiger partial charge in [-0.2, -0.15) is 0 Å². The first-order chi connectivity index (χ1) is 5.84. The number of benzene rings is 1. The minimum absolute atomic E-state index is 0.796. The Morgan fingerprint density at radius 2 is 1.92 bits per heavy atom. The van der Waals surface area contributed by atoms with Crippen LogP contribution in [0.3, 0.4) is 0 Å². The Bertz CT molecular complexity index is 230. The molecule has 1 rings (SSSR count). The van der Waals surface area contributed by atoms with Gasteiger partial charge in [-0.3, -0.25) is 0 Å². The molecule has 0 fully saturated rings. The Morgan fingerprint density at radius 1 is 1.17 bits per heavy atom. The van der Waals surface area contributed by atoms with Crippen molar-refractivity contribution in [1.29, 1.82) is 0 Å². The molecule has 1 aromatic carbocycles. The van der Waals surface area contributed by atoms with Crippen LogP contribution in [0.1, 0.15) is 24.8 Å². The van der Waals surface area contributed by atoms with Crippen molar-refractivity contribution in [2.24, 2.45) is 0 Å². The molecule has 1 aromatic rings. The topological polar surface area (TPSA) is 0 Å². The second kappa shape index (κ2) is 5.36. The molecule has 0 saturated heterocycles. The van der Waals surface area contributed by atoms with Gasteiger partial charge < -0.3 is 0 Å². The Morgan fingerprint density at radius 3 is 2.58 bits per heavy atom. The van der Waals surface area contributed by atoms with Crippen molar-refractivity contribution in [2.45, 2.75) is 25.7 Å². The van der Waals surface area contributed by atoms with E-state index in [1.807, 2.05) is 6.07 Å². The summed E-state index contributed by atoms with van der Waals surface area (Å²) in [6.07, 6.45) is 4.21. The third-order valence-corrected chi connectivity index (χ3v) is 2.63. The van der Waals surface area contributed by atoms with E-state index in [0.29, 0.717) is 0 Å². The summed E-state index contributed by atoms with van der Waals surface area (Å²) in [5.41, 5.74) is 1.38. The molecule has 0 heterocycles. The Labute approximate surface area is 83.1 Å². The van der Waals surface area contributed by atoms with Crippen LogP contribution in [-0.4, -0.2) is 0 Å². The highest BCUT2D eigenvalue weighted by atomic mass is 79.9. The van der Waals surface area contributed by atoms with Crippen LogP contribution < -0.4 is 0 Å². The van der Waals surface area contributed by atoms with E-state index in [-0.39, 0.29) is 0 Å². The largest absolute Gasteiger partial charge is 0.0619 e. The Kier molecular flexibility index (Phi) is 4.37. The molecule has 0 unspecified atom stereocenters. The maximum absolute atomic E-state index is 5.42. The van der Waals surface area contributed by atoms with Gasteiger partial charge in [0.1, 0.15) is 0 Å². The van der Waals surface area contributed by atoms with E-state index in [1.165, 1.54) is 16.5 Å². The molecule has 0 atom stereocenters. The summed E-state index contributed by atoms with van der Waals surface area (Å²) in [4.78, 5) is 0. The smallest absolute Gasteiger partial charge is 0.0207 e. The van der Waals surface area contributed by atoms with E-state index >= 15 is 0 Å². The van der Waals surface area contributed by atoms with Gasteiger partial charge in [0.25, 0.3) is 0 Å². The van der Waals surface area contributed by atoms with Crippen molar-refractivity contribution in [3.05, 3.63) is 41.2 Å². The predicted molar refractivity (Wildman–Crippen MR) is 56.0 cm³/mol. The second-order valence-electron chi connectivity index (χ2n) is 2.84. The molecule has 0 saturated carbocycles. The van der Waals surface area contributed by atoms with Crippen LogP contribution >= 0.6 is 15.9 Å². The standard InChI is InChI=1S/C11H13Br/c1-2-3-4-7-10-8-5-6-9-11(10)12/h1,5-6,8-9H,2-4,7H2. The molecule has 2 radical (unpaired) electrons. The lowest BCUT2D eigenvalue weighted by Gasteiger charge is -2.02. The fourth-order valence-electron chi connectivity index (χ4n) is 1.16. The number of rotatable bonds is 4. The predicted octanol–water partition coefficient (Wildman–Crippen LogP) is 3.87. The molecule has 1 heteroatoms. The summed E-state index contributed by atoms with van der Waals surface area (Å²) < 4.78 is 1.21. The van der Waals surface area contributed by atoms with Crippen LogP contribution in [0.15, 0.2) is 28.7 Å². The lowest BCUT2D eigenvalue weighted by atomic mass is 10.1. The summed E-state index contributed by atoms with van der Waals surface area (Å²) in [7, 11) is 0. The van der Waals surface area contributed by atoms with Gasteiger partial charge in [-0.15, -0.1) is 0 Å². The number of hydrogen-bond donors (Lipinski definition) is 0. The molecule has 0 nitrogen and oxygen atoms in total. The lowest BCUT2D eigenvalue weighted by molar-refractivity contribution is 0.744. The van der Waals surface area contributed by atoms with Gasteiger partial charge in [-0.1, -0.05) is 40.5 Å². The van der Waals surface area contributed by atoms with Crippen LogP contribution in [0.2, 0.25) is 0 Å². The number of hydrogen-bond acceptors (Lipinski definition) is 0. The van der Waals surface area contributed by atoms with Crippen LogP contribution in [-0.2, 0) is 6.42 Å². The number of aryl methyl sites for hydroxylation is 1. The normalized spacial score (nSPS) is 10.2. The Balaban J connectivity index is 2.46. The van der Waals surface area contributed by atoms with E-state index in [2.05, 4.69) is 34.1 Å². The van der Waals surface area contributed by atoms with Crippen LogP contribution in [0.4, 0.5) is 0 Å². The minimum atomic E-state index is 0.796. The highest BCUT2D eigenvalue weighted by Gasteiger charge is 1.96. The summed E-state index contributed by atoms with van der Waals surface area (Å²) in [6, 6.07) is 8.34. The summed E-state index contributed by atoms with van der Waals surface area (Å²) in [6.45, 7) is 5.42. The molecule has 0 spiro atoms. The van der Waals surface area contributed by atoms with Gasteiger partial charge in [0.05, 0.1) is 0 Å². The molecule has 0 aromatic heterocycles. The maximum atomic E-state index is 5.42. The highest BCUT2D eigenvalue weighted by Crippen LogP contribution is 2.17. The van der Waals surface area contributed by atoms with Gasteiger partial charge in [0.15, 0.2) is 0 Å². The average Bonchev–Trinajstić information content (AvgIpc) is 2.09. The molecule has 64 valence electrons. The van der Waals surface area contributed by atoms with Crippen molar-refractivity contribution in [2.75, 3.05) is 0 Å². The van der Waals surface area contributed by atoms with Gasteiger partial charge in [-0.05, 0) is 37.8 Å². The maximum Gasteiger partial charge on any atom is 0.0207 e. The lowest BCUT2D eigenvalue weighted by Crippen LogP contribution is -1.86.